The largest absolute Gasteiger partial charge is 0.459 e. The molecular weight excluding hydrogens is 240 g/mol. The zero-order valence-corrected chi connectivity index (χ0v) is 11.6. The topological polar surface area (TPSA) is 46.5 Å². The van der Waals surface area contributed by atoms with Gasteiger partial charge in [0.1, 0.15) is 6.10 Å². The summed E-state index contributed by atoms with van der Waals surface area (Å²) in [5, 5.41) is 9.73. The molecule has 2 atom stereocenters. The molecule has 0 unspecified atom stereocenters. The average molecular weight is 264 g/mol. The smallest absolute Gasteiger partial charge is 0.330 e. The lowest BCUT2D eigenvalue weighted by Gasteiger charge is -2.09. The van der Waals surface area contributed by atoms with E-state index in [9.17, 15) is 9.90 Å². The van der Waals surface area contributed by atoms with Crippen LogP contribution in [-0.2, 0) is 9.53 Å². The van der Waals surface area contributed by atoms with Gasteiger partial charge in [-0.1, -0.05) is 36.8 Å². The van der Waals surface area contributed by atoms with Crippen molar-refractivity contribution in [3.63, 3.8) is 0 Å². The fourth-order valence-corrected chi connectivity index (χ4v) is 1.89. The summed E-state index contributed by atoms with van der Waals surface area (Å²) in [4.78, 5) is 11.5. The highest BCUT2D eigenvalue weighted by Gasteiger charge is 2.05. The highest BCUT2D eigenvalue weighted by Crippen LogP contribution is 2.08. The monoisotopic (exact) mass is 264 g/mol. The van der Waals surface area contributed by atoms with Crippen molar-refractivity contribution in [2.75, 3.05) is 0 Å². The van der Waals surface area contributed by atoms with Gasteiger partial charge in [0.2, 0.25) is 0 Å². The van der Waals surface area contributed by atoms with Crippen molar-refractivity contribution in [2.45, 2.75) is 57.7 Å². The van der Waals surface area contributed by atoms with Gasteiger partial charge >= 0.3 is 5.97 Å². The lowest BCUT2D eigenvalue weighted by molar-refractivity contribution is -0.141. The summed E-state index contributed by atoms with van der Waals surface area (Å²) < 4.78 is 5.20. The van der Waals surface area contributed by atoms with E-state index in [-0.39, 0.29) is 18.2 Å². The van der Waals surface area contributed by atoms with Crippen LogP contribution < -0.4 is 0 Å². The van der Waals surface area contributed by atoms with E-state index in [1.807, 2.05) is 25.2 Å². The average Bonchev–Trinajstić information content (AvgIpc) is 2.35. The van der Waals surface area contributed by atoms with Crippen LogP contribution in [-0.4, -0.2) is 23.3 Å². The van der Waals surface area contributed by atoms with Gasteiger partial charge in [0.15, 0.2) is 0 Å². The molecule has 0 bridgehead atoms. The third-order valence-electron chi connectivity index (χ3n) is 2.99. The van der Waals surface area contributed by atoms with Crippen LogP contribution >= 0.6 is 0 Å². The molecule has 0 fully saturated rings. The molecule has 1 N–H and O–H groups in total. The van der Waals surface area contributed by atoms with Crippen molar-refractivity contribution in [3.05, 3.63) is 36.5 Å². The number of rotatable bonds is 0. The number of hydrogen-bond donors (Lipinski definition) is 1. The van der Waals surface area contributed by atoms with Crippen molar-refractivity contribution < 1.29 is 14.6 Å². The molecule has 0 aliphatic carbocycles. The minimum Gasteiger partial charge on any atom is -0.459 e. The van der Waals surface area contributed by atoms with Gasteiger partial charge in [-0.25, -0.2) is 4.79 Å². The van der Waals surface area contributed by atoms with Gasteiger partial charge in [0, 0.05) is 12.5 Å². The number of aliphatic hydroxyl groups is 1. The molecule has 0 saturated carbocycles. The van der Waals surface area contributed by atoms with E-state index < -0.39 is 0 Å². The molecule has 0 spiro atoms. The second-order valence-electron chi connectivity index (χ2n) is 4.92. The van der Waals surface area contributed by atoms with Crippen LogP contribution in [0.1, 0.15) is 45.4 Å². The maximum atomic E-state index is 11.5. The Morgan fingerprint density at radius 1 is 1.16 bits per heavy atom. The molecule has 0 radical (unpaired) electrons. The van der Waals surface area contributed by atoms with E-state index >= 15 is 0 Å². The molecule has 1 aliphatic rings. The first-order valence-corrected chi connectivity index (χ1v) is 7.05. The van der Waals surface area contributed by atoms with E-state index in [0.717, 1.165) is 25.7 Å². The Hall–Kier alpha value is -1.35. The number of aliphatic hydroxyl groups excluding tert-OH is 1. The number of ether oxygens (including phenoxy) is 1. The molecule has 106 valence electrons. The summed E-state index contributed by atoms with van der Waals surface area (Å²) in [6.45, 7) is 1.87. The minimum absolute atomic E-state index is 0.125. The van der Waals surface area contributed by atoms with Gasteiger partial charge in [-0.3, -0.25) is 0 Å². The molecule has 0 aromatic carbocycles. The standard InChI is InChI=1S/C16H24O3/c1-14-10-7-5-3-2-4-6-8-11-15(17)12-9-13-16(18)19-14/h2-3,5,7,9,13-15,17H,4,6,8,10-12H2,1H3/b3-2-,7-5+,13-9+/t14-,15+/m0/s1. The Morgan fingerprint density at radius 3 is 2.79 bits per heavy atom. The SMILES string of the molecule is C[C@H]1C/C=C/C=C\CCCC[C@@H](O)C/C=C/C(=O)O1. The molecule has 0 amide bonds. The third-order valence-corrected chi connectivity index (χ3v) is 2.99. The van der Waals surface area contributed by atoms with Crippen LogP contribution in [0.4, 0.5) is 0 Å². The normalized spacial score (nSPS) is 32.2. The summed E-state index contributed by atoms with van der Waals surface area (Å²) in [6, 6.07) is 0. The minimum atomic E-state index is -0.363. The Labute approximate surface area is 115 Å². The second-order valence-corrected chi connectivity index (χ2v) is 4.92. The highest BCUT2D eigenvalue weighted by atomic mass is 16.5. The number of allylic oxidation sites excluding steroid dienone is 3. The molecule has 0 aromatic rings. The summed E-state index contributed by atoms with van der Waals surface area (Å²) in [5.74, 6) is -0.337. The molecule has 19 heavy (non-hydrogen) atoms. The number of carbonyl (C=O) groups excluding carboxylic acids is 1. The number of cyclic esters (lactones) is 1. The van der Waals surface area contributed by atoms with Crippen LogP contribution in [0.15, 0.2) is 36.5 Å². The van der Waals surface area contributed by atoms with Crippen molar-refractivity contribution in [2.24, 2.45) is 0 Å². The summed E-state index contributed by atoms with van der Waals surface area (Å²) in [6.07, 6.45) is 15.9. The summed E-state index contributed by atoms with van der Waals surface area (Å²) in [7, 11) is 0. The number of hydrogen-bond acceptors (Lipinski definition) is 3. The van der Waals surface area contributed by atoms with E-state index in [0.29, 0.717) is 12.8 Å². The van der Waals surface area contributed by atoms with E-state index in [1.54, 1.807) is 6.08 Å². The Balaban J connectivity index is 2.52. The lowest BCUT2D eigenvalue weighted by Crippen LogP contribution is -2.12. The van der Waals surface area contributed by atoms with Crippen molar-refractivity contribution >= 4 is 5.97 Å². The third kappa shape index (κ3) is 8.38. The number of esters is 1. The van der Waals surface area contributed by atoms with Crippen LogP contribution in [0, 0.1) is 0 Å². The zero-order valence-electron chi connectivity index (χ0n) is 11.6. The molecule has 3 heteroatoms. The van der Waals surface area contributed by atoms with E-state index in [1.165, 1.54) is 6.08 Å². The zero-order chi connectivity index (χ0) is 13.9. The Bertz CT molecular complexity index is 342. The van der Waals surface area contributed by atoms with Crippen LogP contribution in [0.25, 0.3) is 0 Å². The van der Waals surface area contributed by atoms with Gasteiger partial charge in [-0.05, 0) is 32.6 Å². The Kier molecular flexibility index (Phi) is 7.91. The van der Waals surface area contributed by atoms with E-state index in [4.69, 9.17) is 4.74 Å². The van der Waals surface area contributed by atoms with Gasteiger partial charge in [0.25, 0.3) is 0 Å². The van der Waals surface area contributed by atoms with Crippen molar-refractivity contribution in [3.8, 4) is 0 Å². The predicted octanol–water partition coefficient (Wildman–Crippen LogP) is 3.30. The van der Waals surface area contributed by atoms with Crippen LogP contribution in [0.3, 0.4) is 0 Å². The lowest BCUT2D eigenvalue weighted by atomic mass is 10.1. The first-order valence-electron chi connectivity index (χ1n) is 7.05. The van der Waals surface area contributed by atoms with Crippen LogP contribution in [0.2, 0.25) is 0 Å². The highest BCUT2D eigenvalue weighted by molar-refractivity contribution is 5.82. The van der Waals surface area contributed by atoms with Gasteiger partial charge in [-0.15, -0.1) is 0 Å². The van der Waals surface area contributed by atoms with Crippen LogP contribution in [0.5, 0.6) is 0 Å². The quantitative estimate of drug-likeness (QED) is 0.683. The van der Waals surface area contributed by atoms with Gasteiger partial charge in [0.05, 0.1) is 6.10 Å². The second kappa shape index (κ2) is 9.56. The molecule has 1 aliphatic heterocycles. The number of carbonyl (C=O) groups is 1. The van der Waals surface area contributed by atoms with Crippen molar-refractivity contribution in [1.29, 1.82) is 0 Å². The van der Waals surface area contributed by atoms with Gasteiger partial charge in [-0.2, -0.15) is 0 Å². The maximum Gasteiger partial charge on any atom is 0.330 e. The fraction of sp³-hybridized carbons (Fsp3) is 0.562. The summed E-state index contributed by atoms with van der Waals surface area (Å²) >= 11 is 0. The molecule has 3 nitrogen and oxygen atoms in total. The summed E-state index contributed by atoms with van der Waals surface area (Å²) in [5.41, 5.74) is 0. The first-order chi connectivity index (χ1) is 9.18. The molecule has 1 heterocycles. The molecular formula is C16H24O3. The molecule has 0 saturated heterocycles. The maximum absolute atomic E-state index is 11.5. The van der Waals surface area contributed by atoms with Gasteiger partial charge < -0.3 is 9.84 Å². The first kappa shape index (κ1) is 15.7. The molecule has 1 rings (SSSR count). The predicted molar refractivity (Wildman–Crippen MR) is 76.7 cm³/mol. The molecule has 0 aromatic heterocycles. The van der Waals surface area contributed by atoms with E-state index in [2.05, 4.69) is 6.08 Å². The fourth-order valence-electron chi connectivity index (χ4n) is 1.89. The Morgan fingerprint density at radius 2 is 1.95 bits per heavy atom. The van der Waals surface area contributed by atoms with Crippen molar-refractivity contribution in [1.82, 2.24) is 0 Å².